The molecule has 112 valence electrons. The average Bonchev–Trinajstić information content (AvgIpc) is 2.42. The highest BCUT2D eigenvalue weighted by atomic mass is 35.5. The van der Waals surface area contributed by atoms with Crippen LogP contribution in [0, 0.1) is 5.82 Å². The zero-order valence-corrected chi connectivity index (χ0v) is 11.3. The van der Waals surface area contributed by atoms with Gasteiger partial charge in [-0.15, -0.1) is 0 Å². The zero-order valence-electron chi connectivity index (χ0n) is 10.6. The van der Waals surface area contributed by atoms with Crippen molar-refractivity contribution >= 4 is 29.1 Å². The first-order chi connectivity index (χ1) is 9.81. The molecule has 0 saturated carbocycles. The first-order valence-corrected chi connectivity index (χ1v) is 6.03. The summed E-state index contributed by atoms with van der Waals surface area (Å²) in [4.78, 5) is 7.72. The van der Waals surface area contributed by atoms with Gasteiger partial charge < -0.3 is 10.6 Å². The van der Waals surface area contributed by atoms with Crippen molar-refractivity contribution in [3.8, 4) is 0 Å². The number of hydrogen-bond acceptors (Lipinski definition) is 4. The van der Waals surface area contributed by atoms with Gasteiger partial charge in [-0.3, -0.25) is 0 Å². The van der Waals surface area contributed by atoms with Crippen LogP contribution >= 0.6 is 11.6 Å². The maximum absolute atomic E-state index is 13.6. The largest absolute Gasteiger partial charge is 0.416 e. The summed E-state index contributed by atoms with van der Waals surface area (Å²) in [7, 11) is 1.55. The Labute approximate surface area is 122 Å². The van der Waals surface area contributed by atoms with Crippen LogP contribution in [0.25, 0.3) is 0 Å². The van der Waals surface area contributed by atoms with Crippen LogP contribution in [-0.4, -0.2) is 17.0 Å². The standard InChI is InChI=1S/C12H9ClF4N4/c1-18-11-19-5-7(13)10(21-11)20-9-4-6(12(15,16)17)2-3-8(9)14/h2-5H,1H3,(H2,18,19,20,21). The Morgan fingerprint density at radius 2 is 1.95 bits per heavy atom. The summed E-state index contributed by atoms with van der Waals surface area (Å²) in [5.74, 6) is -0.674. The second-order valence-corrected chi connectivity index (χ2v) is 4.36. The summed E-state index contributed by atoms with van der Waals surface area (Å²) in [6.45, 7) is 0. The minimum absolute atomic E-state index is 0.00533. The molecule has 2 aromatic rings. The summed E-state index contributed by atoms with van der Waals surface area (Å²) in [5, 5.41) is 5.11. The molecule has 0 saturated heterocycles. The van der Waals surface area contributed by atoms with Crippen LogP contribution in [0.2, 0.25) is 5.02 Å². The van der Waals surface area contributed by atoms with Crippen LogP contribution in [0.1, 0.15) is 5.56 Å². The lowest BCUT2D eigenvalue weighted by molar-refractivity contribution is -0.137. The normalized spacial score (nSPS) is 11.3. The molecule has 0 aliphatic rings. The van der Waals surface area contributed by atoms with Crippen LogP contribution in [0.3, 0.4) is 0 Å². The molecule has 0 spiro atoms. The van der Waals surface area contributed by atoms with Gasteiger partial charge in [-0.2, -0.15) is 18.2 Å². The zero-order chi connectivity index (χ0) is 15.6. The molecular formula is C12H9ClF4N4. The van der Waals surface area contributed by atoms with E-state index in [0.29, 0.717) is 12.1 Å². The monoisotopic (exact) mass is 320 g/mol. The molecule has 0 unspecified atom stereocenters. The third kappa shape index (κ3) is 3.52. The summed E-state index contributed by atoms with van der Waals surface area (Å²) >= 11 is 5.83. The van der Waals surface area contributed by atoms with Gasteiger partial charge in [0.2, 0.25) is 5.95 Å². The molecule has 9 heteroatoms. The van der Waals surface area contributed by atoms with E-state index in [1.807, 2.05) is 0 Å². The Kier molecular flexibility index (Phi) is 4.17. The highest BCUT2D eigenvalue weighted by molar-refractivity contribution is 6.32. The van der Waals surface area contributed by atoms with Gasteiger partial charge in [0.05, 0.1) is 17.4 Å². The van der Waals surface area contributed by atoms with Crippen molar-refractivity contribution in [3.05, 3.63) is 40.8 Å². The van der Waals surface area contributed by atoms with Crippen molar-refractivity contribution in [1.29, 1.82) is 0 Å². The fraction of sp³-hybridized carbons (Fsp3) is 0.167. The van der Waals surface area contributed by atoms with Gasteiger partial charge in [0, 0.05) is 7.05 Å². The molecule has 2 N–H and O–H groups in total. The number of rotatable bonds is 3. The molecule has 0 radical (unpaired) electrons. The van der Waals surface area contributed by atoms with E-state index in [1.165, 1.54) is 6.20 Å². The number of hydrogen-bond donors (Lipinski definition) is 2. The van der Waals surface area contributed by atoms with Crippen molar-refractivity contribution in [2.75, 3.05) is 17.7 Å². The predicted octanol–water partition coefficient (Wildman–Crippen LogP) is 4.07. The van der Waals surface area contributed by atoms with Crippen molar-refractivity contribution in [3.63, 3.8) is 0 Å². The molecule has 0 bridgehead atoms. The molecule has 0 aliphatic heterocycles. The number of alkyl halides is 3. The van der Waals surface area contributed by atoms with E-state index in [4.69, 9.17) is 11.6 Å². The fourth-order valence-electron chi connectivity index (χ4n) is 1.50. The molecule has 1 aromatic carbocycles. The third-order valence-electron chi connectivity index (χ3n) is 2.51. The number of anilines is 3. The molecule has 4 nitrogen and oxygen atoms in total. The Bertz CT molecular complexity index is 660. The molecule has 1 heterocycles. The van der Waals surface area contributed by atoms with Gasteiger partial charge in [-0.05, 0) is 18.2 Å². The fourth-order valence-corrected chi connectivity index (χ4v) is 1.64. The highest BCUT2D eigenvalue weighted by Gasteiger charge is 2.31. The van der Waals surface area contributed by atoms with Gasteiger partial charge in [0.15, 0.2) is 5.82 Å². The van der Waals surface area contributed by atoms with Crippen LogP contribution in [-0.2, 0) is 6.18 Å². The summed E-state index contributed by atoms with van der Waals surface area (Å²) in [5.41, 5.74) is -1.36. The average molecular weight is 321 g/mol. The molecular weight excluding hydrogens is 312 g/mol. The minimum atomic E-state index is -4.57. The van der Waals surface area contributed by atoms with Crippen molar-refractivity contribution < 1.29 is 17.6 Å². The Morgan fingerprint density at radius 3 is 2.57 bits per heavy atom. The number of benzene rings is 1. The first-order valence-electron chi connectivity index (χ1n) is 5.65. The van der Waals surface area contributed by atoms with Gasteiger partial charge in [-0.1, -0.05) is 11.6 Å². The SMILES string of the molecule is CNc1ncc(Cl)c(Nc2cc(C(F)(F)F)ccc2F)n1. The molecule has 2 rings (SSSR count). The summed E-state index contributed by atoms with van der Waals surface area (Å²) in [6.07, 6.45) is -3.33. The number of nitrogens with one attached hydrogen (secondary N) is 2. The molecule has 0 aliphatic carbocycles. The van der Waals surface area contributed by atoms with E-state index in [1.54, 1.807) is 7.05 Å². The molecule has 1 aromatic heterocycles. The van der Waals surface area contributed by atoms with Gasteiger partial charge in [0.25, 0.3) is 0 Å². The lowest BCUT2D eigenvalue weighted by atomic mass is 10.2. The van der Waals surface area contributed by atoms with E-state index in [-0.39, 0.29) is 22.5 Å². The third-order valence-corrected chi connectivity index (χ3v) is 2.79. The minimum Gasteiger partial charge on any atom is -0.357 e. The quantitative estimate of drug-likeness (QED) is 0.837. The maximum Gasteiger partial charge on any atom is 0.416 e. The van der Waals surface area contributed by atoms with Crippen molar-refractivity contribution in [1.82, 2.24) is 9.97 Å². The second-order valence-electron chi connectivity index (χ2n) is 3.96. The first kappa shape index (κ1) is 15.3. The van der Waals surface area contributed by atoms with Crippen LogP contribution in [0.5, 0.6) is 0 Å². The topological polar surface area (TPSA) is 49.8 Å². The highest BCUT2D eigenvalue weighted by Crippen LogP contribution is 2.33. The van der Waals surface area contributed by atoms with E-state index in [2.05, 4.69) is 20.6 Å². The van der Waals surface area contributed by atoms with Crippen molar-refractivity contribution in [2.45, 2.75) is 6.18 Å². The van der Waals surface area contributed by atoms with Crippen molar-refractivity contribution in [2.24, 2.45) is 0 Å². The second kappa shape index (κ2) is 5.72. The van der Waals surface area contributed by atoms with Gasteiger partial charge in [0.1, 0.15) is 10.8 Å². The number of halogens is 5. The van der Waals surface area contributed by atoms with Gasteiger partial charge >= 0.3 is 6.18 Å². The van der Waals surface area contributed by atoms with Crippen LogP contribution in [0.4, 0.5) is 35.0 Å². The Morgan fingerprint density at radius 1 is 1.24 bits per heavy atom. The number of aromatic nitrogens is 2. The summed E-state index contributed by atoms with van der Waals surface area (Å²) < 4.78 is 51.5. The van der Waals surface area contributed by atoms with E-state index in [0.717, 1.165) is 6.07 Å². The molecule has 0 amide bonds. The number of nitrogens with zero attached hydrogens (tertiary/aromatic N) is 2. The smallest absolute Gasteiger partial charge is 0.357 e. The predicted molar refractivity (Wildman–Crippen MR) is 71.3 cm³/mol. The van der Waals surface area contributed by atoms with E-state index >= 15 is 0 Å². The Balaban J connectivity index is 2.39. The maximum atomic E-state index is 13.6. The molecule has 21 heavy (non-hydrogen) atoms. The lowest BCUT2D eigenvalue weighted by Crippen LogP contribution is -2.07. The summed E-state index contributed by atoms with van der Waals surface area (Å²) in [6, 6.07) is 2.02. The van der Waals surface area contributed by atoms with E-state index < -0.39 is 17.6 Å². The Hall–Kier alpha value is -2.09. The van der Waals surface area contributed by atoms with E-state index in [9.17, 15) is 17.6 Å². The van der Waals surface area contributed by atoms with Crippen LogP contribution in [0.15, 0.2) is 24.4 Å². The molecule has 0 fully saturated rings. The lowest BCUT2D eigenvalue weighted by Gasteiger charge is -2.12. The van der Waals surface area contributed by atoms with Crippen LogP contribution < -0.4 is 10.6 Å². The van der Waals surface area contributed by atoms with Gasteiger partial charge in [-0.25, -0.2) is 9.37 Å². The molecule has 0 atom stereocenters.